The molecule has 0 bridgehead atoms. The van der Waals surface area contributed by atoms with E-state index in [1.165, 1.54) is 0 Å². The Hall–Kier alpha value is -2.17. The van der Waals surface area contributed by atoms with Crippen LogP contribution in [0.15, 0.2) is 54.6 Å². The van der Waals surface area contributed by atoms with Gasteiger partial charge in [0.25, 0.3) is 0 Å². The second kappa shape index (κ2) is 7.02. The number of aliphatic hydroxyl groups is 1. The third-order valence-corrected chi connectivity index (χ3v) is 3.58. The lowest BCUT2D eigenvalue weighted by molar-refractivity contribution is -0.120. The van der Waals surface area contributed by atoms with E-state index in [-0.39, 0.29) is 24.5 Å². The van der Waals surface area contributed by atoms with Gasteiger partial charge in [-0.15, -0.1) is 0 Å². The molecule has 0 saturated heterocycles. The largest absolute Gasteiger partial charge is 0.392 e. The van der Waals surface area contributed by atoms with E-state index >= 15 is 0 Å². The van der Waals surface area contributed by atoms with E-state index < -0.39 is 0 Å². The number of aliphatic hydroxyl groups excluding tert-OH is 1. The standard InChI is InChI=1S/C17H20N2O2/c1-12(16(18)13-7-3-2-4-8-13)17(21)19-15-10-6-5-9-14(15)11-20/h2-10,12,16,20H,11,18H2,1H3,(H,19,21). The Morgan fingerprint density at radius 2 is 1.76 bits per heavy atom. The number of amides is 1. The quantitative estimate of drug-likeness (QED) is 0.789. The van der Waals surface area contributed by atoms with Crippen LogP contribution in [-0.2, 0) is 11.4 Å². The number of hydrogen-bond acceptors (Lipinski definition) is 3. The van der Waals surface area contributed by atoms with E-state index in [1.807, 2.05) is 42.5 Å². The molecule has 2 aromatic carbocycles. The molecular formula is C17H20N2O2. The highest BCUT2D eigenvalue weighted by atomic mass is 16.3. The summed E-state index contributed by atoms with van der Waals surface area (Å²) < 4.78 is 0. The molecule has 0 fully saturated rings. The molecule has 0 spiro atoms. The first-order valence-corrected chi connectivity index (χ1v) is 6.93. The van der Waals surface area contributed by atoms with Crippen molar-refractivity contribution in [3.05, 3.63) is 65.7 Å². The second-order valence-electron chi connectivity index (χ2n) is 5.03. The topological polar surface area (TPSA) is 75.3 Å². The summed E-state index contributed by atoms with van der Waals surface area (Å²) in [6.07, 6.45) is 0. The van der Waals surface area contributed by atoms with Crippen LogP contribution >= 0.6 is 0 Å². The van der Waals surface area contributed by atoms with Gasteiger partial charge in [-0.1, -0.05) is 55.5 Å². The van der Waals surface area contributed by atoms with Gasteiger partial charge in [-0.3, -0.25) is 4.79 Å². The Balaban J connectivity index is 2.09. The van der Waals surface area contributed by atoms with Gasteiger partial charge in [0.05, 0.1) is 12.5 Å². The predicted molar refractivity (Wildman–Crippen MR) is 83.5 cm³/mol. The van der Waals surface area contributed by atoms with Crippen molar-refractivity contribution in [1.29, 1.82) is 0 Å². The van der Waals surface area contributed by atoms with Gasteiger partial charge in [-0.25, -0.2) is 0 Å². The fourth-order valence-corrected chi connectivity index (χ4v) is 2.15. The molecule has 0 radical (unpaired) electrons. The van der Waals surface area contributed by atoms with Gasteiger partial charge in [0.15, 0.2) is 0 Å². The zero-order valence-corrected chi connectivity index (χ0v) is 12.0. The van der Waals surface area contributed by atoms with Crippen molar-refractivity contribution in [1.82, 2.24) is 0 Å². The molecule has 2 aromatic rings. The van der Waals surface area contributed by atoms with E-state index in [0.29, 0.717) is 11.3 Å². The zero-order valence-electron chi connectivity index (χ0n) is 12.0. The number of nitrogens with two attached hydrogens (primary N) is 1. The molecule has 0 aliphatic rings. The molecule has 4 heteroatoms. The number of hydrogen-bond donors (Lipinski definition) is 3. The maximum atomic E-state index is 12.3. The van der Waals surface area contributed by atoms with E-state index in [2.05, 4.69) is 5.32 Å². The first kappa shape index (κ1) is 15.2. The molecule has 2 unspecified atom stereocenters. The normalized spacial score (nSPS) is 13.5. The van der Waals surface area contributed by atoms with Crippen LogP contribution in [0.25, 0.3) is 0 Å². The molecule has 0 aromatic heterocycles. The molecule has 4 N–H and O–H groups in total. The minimum atomic E-state index is -0.376. The Kier molecular flexibility index (Phi) is 5.09. The second-order valence-corrected chi connectivity index (χ2v) is 5.03. The Morgan fingerprint density at radius 1 is 1.14 bits per heavy atom. The Morgan fingerprint density at radius 3 is 2.43 bits per heavy atom. The SMILES string of the molecule is CC(C(=O)Nc1ccccc1CO)C(N)c1ccccc1. The van der Waals surface area contributed by atoms with Crippen molar-refractivity contribution in [2.45, 2.75) is 19.6 Å². The lowest BCUT2D eigenvalue weighted by Crippen LogP contribution is -2.30. The summed E-state index contributed by atoms with van der Waals surface area (Å²) in [6.45, 7) is 1.68. The molecule has 21 heavy (non-hydrogen) atoms. The fourth-order valence-electron chi connectivity index (χ4n) is 2.15. The van der Waals surface area contributed by atoms with Crippen molar-refractivity contribution in [3.63, 3.8) is 0 Å². The third-order valence-electron chi connectivity index (χ3n) is 3.58. The Labute approximate surface area is 124 Å². The zero-order chi connectivity index (χ0) is 15.2. The number of carbonyl (C=O) groups is 1. The lowest BCUT2D eigenvalue weighted by Gasteiger charge is -2.20. The minimum Gasteiger partial charge on any atom is -0.392 e. The summed E-state index contributed by atoms with van der Waals surface area (Å²) in [4.78, 5) is 12.3. The van der Waals surface area contributed by atoms with Gasteiger partial charge < -0.3 is 16.2 Å². The molecular weight excluding hydrogens is 264 g/mol. The van der Waals surface area contributed by atoms with E-state index in [9.17, 15) is 9.90 Å². The number of nitrogens with one attached hydrogen (secondary N) is 1. The van der Waals surface area contributed by atoms with Gasteiger partial charge in [-0.05, 0) is 11.6 Å². The summed E-state index contributed by atoms with van der Waals surface area (Å²) >= 11 is 0. The number of para-hydroxylation sites is 1. The van der Waals surface area contributed by atoms with Crippen LogP contribution in [-0.4, -0.2) is 11.0 Å². The van der Waals surface area contributed by atoms with Crippen molar-refractivity contribution in [2.24, 2.45) is 11.7 Å². The number of carbonyl (C=O) groups excluding carboxylic acids is 1. The highest BCUT2D eigenvalue weighted by Crippen LogP contribution is 2.22. The van der Waals surface area contributed by atoms with Crippen LogP contribution < -0.4 is 11.1 Å². The molecule has 1 amide bonds. The third kappa shape index (κ3) is 3.68. The first-order chi connectivity index (χ1) is 10.1. The molecule has 2 rings (SSSR count). The molecule has 0 heterocycles. The molecule has 2 atom stereocenters. The summed E-state index contributed by atoms with van der Waals surface area (Å²) in [5, 5.41) is 12.1. The number of rotatable bonds is 5. The molecule has 0 aliphatic heterocycles. The van der Waals surface area contributed by atoms with Crippen molar-refractivity contribution >= 4 is 11.6 Å². The van der Waals surface area contributed by atoms with Crippen LogP contribution in [0, 0.1) is 5.92 Å². The number of anilines is 1. The first-order valence-electron chi connectivity index (χ1n) is 6.93. The highest BCUT2D eigenvalue weighted by molar-refractivity contribution is 5.93. The molecule has 110 valence electrons. The molecule has 0 aliphatic carbocycles. The van der Waals surface area contributed by atoms with Gasteiger partial charge >= 0.3 is 0 Å². The van der Waals surface area contributed by atoms with Crippen LogP contribution in [0.4, 0.5) is 5.69 Å². The maximum absolute atomic E-state index is 12.3. The van der Waals surface area contributed by atoms with Gasteiger partial charge in [-0.2, -0.15) is 0 Å². The van der Waals surface area contributed by atoms with Gasteiger partial charge in [0.2, 0.25) is 5.91 Å². The summed E-state index contributed by atoms with van der Waals surface area (Å²) in [6, 6.07) is 16.4. The summed E-state index contributed by atoms with van der Waals surface area (Å²) in [5.74, 6) is -0.536. The molecule has 0 saturated carbocycles. The monoisotopic (exact) mass is 284 g/mol. The average Bonchev–Trinajstić information content (AvgIpc) is 2.54. The lowest BCUT2D eigenvalue weighted by atomic mass is 9.94. The van der Waals surface area contributed by atoms with Crippen LogP contribution in [0.5, 0.6) is 0 Å². The van der Waals surface area contributed by atoms with Crippen molar-refractivity contribution in [2.75, 3.05) is 5.32 Å². The average molecular weight is 284 g/mol. The highest BCUT2D eigenvalue weighted by Gasteiger charge is 2.22. The van der Waals surface area contributed by atoms with E-state index in [1.54, 1.807) is 19.1 Å². The van der Waals surface area contributed by atoms with Crippen molar-refractivity contribution in [3.8, 4) is 0 Å². The summed E-state index contributed by atoms with van der Waals surface area (Å²) in [7, 11) is 0. The predicted octanol–water partition coefficient (Wildman–Crippen LogP) is 2.45. The maximum Gasteiger partial charge on any atom is 0.229 e. The minimum absolute atomic E-state index is 0.116. The van der Waals surface area contributed by atoms with E-state index in [4.69, 9.17) is 5.73 Å². The van der Waals surface area contributed by atoms with Crippen LogP contribution in [0.1, 0.15) is 24.1 Å². The van der Waals surface area contributed by atoms with Gasteiger partial charge in [0.1, 0.15) is 0 Å². The smallest absolute Gasteiger partial charge is 0.229 e. The molecule has 4 nitrogen and oxygen atoms in total. The fraction of sp³-hybridized carbons (Fsp3) is 0.235. The van der Waals surface area contributed by atoms with E-state index in [0.717, 1.165) is 5.56 Å². The van der Waals surface area contributed by atoms with Crippen LogP contribution in [0.2, 0.25) is 0 Å². The van der Waals surface area contributed by atoms with Crippen LogP contribution in [0.3, 0.4) is 0 Å². The number of benzene rings is 2. The Bertz CT molecular complexity index is 599. The van der Waals surface area contributed by atoms with Gasteiger partial charge in [0, 0.05) is 17.3 Å². The van der Waals surface area contributed by atoms with Crippen molar-refractivity contribution < 1.29 is 9.90 Å². The summed E-state index contributed by atoms with van der Waals surface area (Å²) in [5.41, 5.74) is 8.39.